The van der Waals surface area contributed by atoms with Gasteiger partial charge in [0.2, 0.25) is 0 Å². The maximum atomic E-state index is 5.98. The number of para-hydroxylation sites is 1. The van der Waals surface area contributed by atoms with E-state index in [1.54, 1.807) is 7.11 Å². The van der Waals surface area contributed by atoms with Gasteiger partial charge in [-0.15, -0.1) is 24.0 Å². The highest BCUT2D eigenvalue weighted by atomic mass is 127. The molecule has 7 heteroatoms. The van der Waals surface area contributed by atoms with E-state index in [1.165, 1.54) is 11.3 Å². The predicted octanol–water partition coefficient (Wildman–Crippen LogP) is 3.36. The number of nitrogens with two attached hydrogens (primary N) is 1. The second kappa shape index (κ2) is 14.1. The third-order valence-electron chi connectivity index (χ3n) is 5.54. The lowest BCUT2D eigenvalue weighted by Crippen LogP contribution is -2.46. The van der Waals surface area contributed by atoms with Crippen molar-refractivity contribution in [2.75, 3.05) is 57.8 Å². The second-order valence-corrected chi connectivity index (χ2v) is 7.66. The molecule has 1 saturated heterocycles. The molecule has 0 aromatic heterocycles. The lowest BCUT2D eigenvalue weighted by Gasteiger charge is -2.36. The topological polar surface area (TPSA) is 66.1 Å². The van der Waals surface area contributed by atoms with E-state index in [-0.39, 0.29) is 24.0 Å². The summed E-state index contributed by atoms with van der Waals surface area (Å²) >= 11 is 0. The summed E-state index contributed by atoms with van der Waals surface area (Å²) in [6.07, 6.45) is 3.14. The fraction of sp³-hybridized carbons (Fsp3) is 0.458. The molecule has 3 N–H and O–H groups in total. The minimum atomic E-state index is 0. The van der Waals surface area contributed by atoms with Gasteiger partial charge in [-0.25, -0.2) is 0 Å². The Hall–Kier alpha value is -2.00. The first kappa shape index (κ1) is 25.3. The van der Waals surface area contributed by atoms with Crippen LogP contribution < -0.4 is 20.7 Å². The highest BCUT2D eigenvalue weighted by Crippen LogP contribution is 2.15. The average molecular weight is 537 g/mol. The Morgan fingerprint density at radius 1 is 1.00 bits per heavy atom. The number of methoxy groups -OCH3 is 1. The molecule has 1 aliphatic heterocycles. The van der Waals surface area contributed by atoms with Crippen LogP contribution in [0.5, 0.6) is 5.75 Å². The van der Waals surface area contributed by atoms with Crippen LogP contribution >= 0.6 is 24.0 Å². The van der Waals surface area contributed by atoms with Crippen molar-refractivity contribution >= 4 is 35.6 Å². The van der Waals surface area contributed by atoms with Crippen molar-refractivity contribution < 1.29 is 4.74 Å². The fourth-order valence-corrected chi connectivity index (χ4v) is 3.70. The van der Waals surface area contributed by atoms with Gasteiger partial charge < -0.3 is 20.7 Å². The van der Waals surface area contributed by atoms with Crippen molar-refractivity contribution in [3.8, 4) is 5.75 Å². The van der Waals surface area contributed by atoms with Crippen molar-refractivity contribution in [1.29, 1.82) is 0 Å². The Kier molecular flexibility index (Phi) is 11.5. The predicted molar refractivity (Wildman–Crippen MR) is 141 cm³/mol. The fourth-order valence-electron chi connectivity index (χ4n) is 3.70. The summed E-state index contributed by atoms with van der Waals surface area (Å²) < 4.78 is 5.18. The van der Waals surface area contributed by atoms with Crippen molar-refractivity contribution in [2.24, 2.45) is 10.7 Å². The largest absolute Gasteiger partial charge is 0.497 e. The van der Waals surface area contributed by atoms with E-state index in [0.29, 0.717) is 5.96 Å². The monoisotopic (exact) mass is 537 g/mol. The average Bonchev–Trinajstić information content (AvgIpc) is 2.80. The summed E-state index contributed by atoms with van der Waals surface area (Å²) in [4.78, 5) is 9.48. The number of halogens is 1. The molecule has 0 saturated carbocycles. The highest BCUT2D eigenvalue weighted by molar-refractivity contribution is 14.0. The van der Waals surface area contributed by atoms with Crippen LogP contribution in [0.2, 0.25) is 0 Å². The molecule has 1 fully saturated rings. The quantitative estimate of drug-likeness (QED) is 0.211. The van der Waals surface area contributed by atoms with E-state index >= 15 is 0 Å². The van der Waals surface area contributed by atoms with Gasteiger partial charge in [-0.1, -0.05) is 30.3 Å². The van der Waals surface area contributed by atoms with E-state index in [1.807, 2.05) is 12.1 Å². The highest BCUT2D eigenvalue weighted by Gasteiger charge is 2.16. The van der Waals surface area contributed by atoms with E-state index in [2.05, 4.69) is 62.6 Å². The number of anilines is 1. The number of hydrogen-bond donors (Lipinski definition) is 2. The number of ether oxygens (including phenoxy) is 1. The molecule has 170 valence electrons. The van der Waals surface area contributed by atoms with Gasteiger partial charge in [0.05, 0.1) is 7.11 Å². The third kappa shape index (κ3) is 8.95. The molecule has 0 spiro atoms. The SMILES string of the molecule is COc1ccc(CCNC(N)=NCCCCN2CCN(c3ccccc3)CC2)cc1.I. The van der Waals surface area contributed by atoms with Crippen LogP contribution in [0.4, 0.5) is 5.69 Å². The number of rotatable bonds is 10. The number of unbranched alkanes of at least 4 members (excludes halogenated alkanes) is 1. The Balaban J connectivity index is 0.00000341. The van der Waals surface area contributed by atoms with Crippen LogP contribution in [0.1, 0.15) is 18.4 Å². The number of hydrogen-bond acceptors (Lipinski definition) is 4. The van der Waals surface area contributed by atoms with E-state index in [4.69, 9.17) is 10.5 Å². The van der Waals surface area contributed by atoms with Crippen LogP contribution in [0.15, 0.2) is 59.6 Å². The number of piperazine rings is 1. The molecule has 0 atom stereocenters. The first-order valence-electron chi connectivity index (χ1n) is 10.9. The van der Waals surface area contributed by atoms with Gasteiger partial charge in [0.15, 0.2) is 5.96 Å². The summed E-state index contributed by atoms with van der Waals surface area (Å²) in [5, 5.41) is 3.20. The molecule has 1 aliphatic rings. The zero-order valence-corrected chi connectivity index (χ0v) is 20.8. The standard InChI is InChI=1S/C24H35N5O.HI/c1-30-23-11-9-21(10-12-23)13-15-27-24(25)26-14-5-6-16-28-17-19-29(20-18-28)22-7-3-2-4-8-22;/h2-4,7-12H,5-6,13-20H2,1H3,(H3,25,26,27);1H. The van der Waals surface area contributed by atoms with Crippen molar-refractivity contribution in [2.45, 2.75) is 19.3 Å². The summed E-state index contributed by atoms with van der Waals surface area (Å²) in [7, 11) is 1.68. The van der Waals surface area contributed by atoms with Crippen molar-refractivity contribution in [3.63, 3.8) is 0 Å². The van der Waals surface area contributed by atoms with E-state index in [0.717, 1.165) is 70.8 Å². The maximum absolute atomic E-state index is 5.98. The minimum absolute atomic E-state index is 0. The van der Waals surface area contributed by atoms with Gasteiger partial charge in [-0.2, -0.15) is 0 Å². The van der Waals surface area contributed by atoms with Gasteiger partial charge in [-0.05, 0) is 55.6 Å². The maximum Gasteiger partial charge on any atom is 0.188 e. The summed E-state index contributed by atoms with van der Waals surface area (Å²) in [5.41, 5.74) is 8.57. The summed E-state index contributed by atoms with van der Waals surface area (Å²) in [5.74, 6) is 1.42. The molecular formula is C24H36IN5O. The van der Waals surface area contributed by atoms with Crippen LogP contribution in [-0.4, -0.2) is 63.8 Å². The Labute approximate surface area is 203 Å². The number of nitrogens with zero attached hydrogens (tertiary/aromatic N) is 3. The van der Waals surface area contributed by atoms with Crippen LogP contribution in [0.25, 0.3) is 0 Å². The second-order valence-electron chi connectivity index (χ2n) is 7.66. The van der Waals surface area contributed by atoms with E-state index in [9.17, 15) is 0 Å². The Morgan fingerprint density at radius 3 is 2.39 bits per heavy atom. The van der Waals surface area contributed by atoms with Crippen LogP contribution in [0, 0.1) is 0 Å². The molecule has 31 heavy (non-hydrogen) atoms. The summed E-state index contributed by atoms with van der Waals surface area (Å²) in [6.45, 7) is 7.18. The molecule has 0 bridgehead atoms. The third-order valence-corrected chi connectivity index (χ3v) is 5.54. The lowest BCUT2D eigenvalue weighted by molar-refractivity contribution is 0.253. The zero-order valence-electron chi connectivity index (χ0n) is 18.5. The molecular weight excluding hydrogens is 501 g/mol. The van der Waals surface area contributed by atoms with Crippen molar-refractivity contribution in [1.82, 2.24) is 10.2 Å². The van der Waals surface area contributed by atoms with Gasteiger partial charge in [-0.3, -0.25) is 9.89 Å². The van der Waals surface area contributed by atoms with Gasteiger partial charge >= 0.3 is 0 Å². The first-order valence-corrected chi connectivity index (χ1v) is 10.9. The summed E-state index contributed by atoms with van der Waals surface area (Å²) in [6, 6.07) is 18.8. The number of benzene rings is 2. The smallest absolute Gasteiger partial charge is 0.188 e. The van der Waals surface area contributed by atoms with Gasteiger partial charge in [0.25, 0.3) is 0 Å². The normalized spacial score (nSPS) is 14.7. The zero-order chi connectivity index (χ0) is 21.0. The van der Waals surface area contributed by atoms with E-state index < -0.39 is 0 Å². The molecule has 0 aliphatic carbocycles. The van der Waals surface area contributed by atoms with Gasteiger partial charge in [0, 0.05) is 45.0 Å². The lowest BCUT2D eigenvalue weighted by atomic mass is 10.1. The Bertz CT molecular complexity index is 761. The molecule has 0 unspecified atom stereocenters. The van der Waals surface area contributed by atoms with Crippen LogP contribution in [0.3, 0.4) is 0 Å². The first-order chi connectivity index (χ1) is 14.7. The minimum Gasteiger partial charge on any atom is -0.497 e. The number of aliphatic imine (C=N–C) groups is 1. The van der Waals surface area contributed by atoms with Crippen molar-refractivity contribution in [3.05, 3.63) is 60.2 Å². The molecule has 0 radical (unpaired) electrons. The number of guanidine groups is 1. The number of nitrogens with one attached hydrogen (secondary N) is 1. The van der Waals surface area contributed by atoms with Crippen LogP contribution in [-0.2, 0) is 6.42 Å². The molecule has 2 aromatic carbocycles. The van der Waals surface area contributed by atoms with Gasteiger partial charge in [0.1, 0.15) is 5.75 Å². The molecule has 1 heterocycles. The molecule has 2 aromatic rings. The molecule has 0 amide bonds. The molecule has 3 rings (SSSR count). The molecule has 6 nitrogen and oxygen atoms in total. The Morgan fingerprint density at radius 2 is 1.71 bits per heavy atom.